The zero-order valence-corrected chi connectivity index (χ0v) is 9.95. The lowest BCUT2D eigenvalue weighted by molar-refractivity contribution is -0.137. The molecule has 0 fully saturated rings. The lowest BCUT2D eigenvalue weighted by Crippen LogP contribution is -2.28. The Hall–Kier alpha value is -1.41. The summed E-state index contributed by atoms with van der Waals surface area (Å²) in [7, 11) is 0. The normalized spacial score (nSPS) is 12.1. The van der Waals surface area contributed by atoms with E-state index in [4.69, 9.17) is 16.9 Å². The zero-order valence-electron chi connectivity index (χ0n) is 9.19. The number of nitrogens with zero attached hydrogens (tertiary/aromatic N) is 1. The van der Waals surface area contributed by atoms with E-state index >= 15 is 0 Å². The van der Waals surface area contributed by atoms with Gasteiger partial charge in [0.05, 0.1) is 16.7 Å². The molecule has 0 bridgehead atoms. The highest BCUT2D eigenvalue weighted by Gasteiger charge is 2.33. The van der Waals surface area contributed by atoms with Gasteiger partial charge in [0.25, 0.3) is 0 Å². The van der Waals surface area contributed by atoms with E-state index < -0.39 is 17.3 Å². The Labute approximate surface area is 102 Å². The Kier molecular flexibility index (Phi) is 3.58. The summed E-state index contributed by atoms with van der Waals surface area (Å²) < 4.78 is 37.7. The van der Waals surface area contributed by atoms with Crippen LogP contribution in [-0.4, -0.2) is 5.54 Å². The molecule has 1 N–H and O–H groups in total. The molecule has 0 aromatic heterocycles. The maximum atomic E-state index is 12.6. The Morgan fingerprint density at radius 3 is 2.35 bits per heavy atom. The van der Waals surface area contributed by atoms with Gasteiger partial charge < -0.3 is 5.32 Å². The molecule has 1 rings (SSSR count). The van der Waals surface area contributed by atoms with Crippen LogP contribution in [0.4, 0.5) is 18.9 Å². The van der Waals surface area contributed by atoms with Gasteiger partial charge in [-0.1, -0.05) is 11.6 Å². The molecule has 0 saturated heterocycles. The van der Waals surface area contributed by atoms with Gasteiger partial charge in [0.2, 0.25) is 0 Å². The van der Waals surface area contributed by atoms with Crippen LogP contribution in [0.5, 0.6) is 0 Å². The molecular weight excluding hydrogens is 253 g/mol. The molecule has 6 heteroatoms. The molecular formula is C11H10ClF3N2. The van der Waals surface area contributed by atoms with Gasteiger partial charge in [-0.25, -0.2) is 0 Å². The van der Waals surface area contributed by atoms with E-state index in [0.717, 1.165) is 12.1 Å². The van der Waals surface area contributed by atoms with Crippen molar-refractivity contribution in [2.45, 2.75) is 25.6 Å². The lowest BCUT2D eigenvalue weighted by Gasteiger charge is -2.20. The molecule has 0 spiro atoms. The van der Waals surface area contributed by atoms with Crippen molar-refractivity contribution in [2.24, 2.45) is 0 Å². The van der Waals surface area contributed by atoms with Crippen LogP contribution in [0, 0.1) is 11.3 Å². The third kappa shape index (κ3) is 3.53. The Balaban J connectivity index is 3.11. The Bertz CT molecular complexity index is 461. The summed E-state index contributed by atoms with van der Waals surface area (Å²) in [6.45, 7) is 3.13. The zero-order chi connectivity index (χ0) is 13.3. The Morgan fingerprint density at radius 1 is 1.29 bits per heavy atom. The highest BCUT2D eigenvalue weighted by atomic mass is 35.5. The fourth-order valence-corrected chi connectivity index (χ4v) is 1.43. The molecule has 0 aliphatic rings. The van der Waals surface area contributed by atoms with E-state index in [1.807, 2.05) is 6.07 Å². The van der Waals surface area contributed by atoms with Crippen molar-refractivity contribution >= 4 is 17.3 Å². The molecule has 0 aliphatic carbocycles. The molecule has 1 aromatic rings. The molecule has 17 heavy (non-hydrogen) atoms. The number of nitrogens with one attached hydrogen (secondary N) is 1. The second-order valence-corrected chi connectivity index (χ2v) is 4.46. The molecule has 0 atom stereocenters. The highest BCUT2D eigenvalue weighted by molar-refractivity contribution is 6.31. The summed E-state index contributed by atoms with van der Waals surface area (Å²) in [6.07, 6.45) is -4.51. The predicted molar refractivity (Wildman–Crippen MR) is 59.8 cm³/mol. The van der Waals surface area contributed by atoms with Crippen molar-refractivity contribution in [2.75, 3.05) is 5.32 Å². The third-order valence-corrected chi connectivity index (χ3v) is 2.34. The van der Waals surface area contributed by atoms with Gasteiger partial charge >= 0.3 is 6.18 Å². The largest absolute Gasteiger partial charge is 0.417 e. The smallest absolute Gasteiger partial charge is 0.368 e. The fourth-order valence-electron chi connectivity index (χ4n) is 1.21. The van der Waals surface area contributed by atoms with Crippen LogP contribution in [0.1, 0.15) is 19.4 Å². The maximum Gasteiger partial charge on any atom is 0.417 e. The van der Waals surface area contributed by atoms with E-state index in [-0.39, 0.29) is 10.7 Å². The van der Waals surface area contributed by atoms with Gasteiger partial charge in [0, 0.05) is 5.69 Å². The quantitative estimate of drug-likeness (QED) is 0.872. The van der Waals surface area contributed by atoms with Gasteiger partial charge in [0.1, 0.15) is 5.54 Å². The van der Waals surface area contributed by atoms with Crippen molar-refractivity contribution in [3.05, 3.63) is 28.8 Å². The number of rotatable bonds is 2. The van der Waals surface area contributed by atoms with E-state index in [9.17, 15) is 13.2 Å². The number of halogens is 4. The van der Waals surface area contributed by atoms with Crippen LogP contribution in [0.3, 0.4) is 0 Å². The van der Waals surface area contributed by atoms with E-state index in [0.29, 0.717) is 0 Å². The van der Waals surface area contributed by atoms with E-state index in [1.165, 1.54) is 6.07 Å². The van der Waals surface area contributed by atoms with Crippen molar-refractivity contribution in [3.8, 4) is 6.07 Å². The first kappa shape index (κ1) is 13.7. The van der Waals surface area contributed by atoms with Crippen LogP contribution >= 0.6 is 11.6 Å². The van der Waals surface area contributed by atoms with Crippen molar-refractivity contribution in [1.82, 2.24) is 0 Å². The first-order chi connectivity index (χ1) is 7.65. The van der Waals surface area contributed by atoms with Crippen molar-refractivity contribution < 1.29 is 13.2 Å². The van der Waals surface area contributed by atoms with Crippen LogP contribution in [0.25, 0.3) is 0 Å². The molecule has 0 heterocycles. The van der Waals surface area contributed by atoms with Crippen LogP contribution < -0.4 is 5.32 Å². The first-order valence-corrected chi connectivity index (χ1v) is 5.10. The predicted octanol–water partition coefficient (Wildman–Crippen LogP) is 4.07. The first-order valence-electron chi connectivity index (χ1n) is 4.72. The second-order valence-electron chi connectivity index (χ2n) is 4.05. The minimum absolute atomic E-state index is 0.202. The minimum atomic E-state index is -4.51. The number of hydrogen-bond donors (Lipinski definition) is 1. The number of anilines is 1. The highest BCUT2D eigenvalue weighted by Crippen LogP contribution is 2.36. The molecule has 1 aromatic carbocycles. The number of hydrogen-bond acceptors (Lipinski definition) is 2. The molecule has 2 nitrogen and oxygen atoms in total. The molecule has 0 aliphatic heterocycles. The number of alkyl halides is 3. The molecule has 0 unspecified atom stereocenters. The lowest BCUT2D eigenvalue weighted by atomic mass is 10.1. The number of benzene rings is 1. The third-order valence-electron chi connectivity index (χ3n) is 2.01. The van der Waals surface area contributed by atoms with Gasteiger partial charge in [-0.2, -0.15) is 18.4 Å². The standard InChI is InChI=1S/C11H10ClF3N2/c1-10(2,6-16)17-7-3-4-9(12)8(5-7)11(13,14)15/h3-5,17H,1-2H3. The van der Waals surface area contributed by atoms with Crippen molar-refractivity contribution in [1.29, 1.82) is 5.26 Å². The van der Waals surface area contributed by atoms with Crippen molar-refractivity contribution in [3.63, 3.8) is 0 Å². The van der Waals surface area contributed by atoms with Gasteiger partial charge in [-0.05, 0) is 32.0 Å². The average Bonchev–Trinajstić information content (AvgIpc) is 2.19. The summed E-state index contributed by atoms with van der Waals surface area (Å²) in [5.74, 6) is 0. The summed E-state index contributed by atoms with van der Waals surface area (Å²) in [5.41, 5.74) is -1.66. The molecule has 92 valence electrons. The maximum absolute atomic E-state index is 12.6. The van der Waals surface area contributed by atoms with Gasteiger partial charge in [-0.3, -0.25) is 0 Å². The number of nitriles is 1. The average molecular weight is 263 g/mol. The summed E-state index contributed by atoms with van der Waals surface area (Å²) in [4.78, 5) is 0. The summed E-state index contributed by atoms with van der Waals surface area (Å²) in [6, 6.07) is 5.38. The SMILES string of the molecule is CC(C)(C#N)Nc1ccc(Cl)c(C(F)(F)F)c1. The Morgan fingerprint density at radius 2 is 1.88 bits per heavy atom. The van der Waals surface area contributed by atoms with E-state index in [1.54, 1.807) is 13.8 Å². The topological polar surface area (TPSA) is 35.8 Å². The van der Waals surface area contributed by atoms with Gasteiger partial charge in [-0.15, -0.1) is 0 Å². The minimum Gasteiger partial charge on any atom is -0.368 e. The van der Waals surface area contributed by atoms with Gasteiger partial charge in [0.15, 0.2) is 0 Å². The van der Waals surface area contributed by atoms with E-state index in [2.05, 4.69) is 5.32 Å². The van der Waals surface area contributed by atoms with Crippen LogP contribution in [0.2, 0.25) is 5.02 Å². The van der Waals surface area contributed by atoms with Crippen LogP contribution in [-0.2, 0) is 6.18 Å². The summed E-state index contributed by atoms with van der Waals surface area (Å²) in [5, 5.41) is 11.1. The second kappa shape index (κ2) is 4.46. The van der Waals surface area contributed by atoms with Crippen LogP contribution in [0.15, 0.2) is 18.2 Å². The fraction of sp³-hybridized carbons (Fsp3) is 0.364. The summed E-state index contributed by atoms with van der Waals surface area (Å²) >= 11 is 5.47. The molecule has 0 saturated carbocycles. The molecule has 0 amide bonds. The molecule has 0 radical (unpaired) electrons. The monoisotopic (exact) mass is 262 g/mol.